The highest BCUT2D eigenvalue weighted by atomic mass is 32.1. The van der Waals surface area contributed by atoms with Gasteiger partial charge >= 0.3 is 0 Å². The summed E-state index contributed by atoms with van der Waals surface area (Å²) in [6.07, 6.45) is 22.1. The highest BCUT2D eigenvalue weighted by molar-refractivity contribution is 7.78. The fourth-order valence-corrected chi connectivity index (χ4v) is 5.29. The van der Waals surface area contributed by atoms with Crippen molar-refractivity contribution in [3.63, 3.8) is 0 Å². The molecule has 0 bridgehead atoms. The minimum Gasteiger partial charge on any atom is -0.753 e. The van der Waals surface area contributed by atoms with Crippen LogP contribution in [0.4, 0.5) is 0 Å². The maximum Gasteiger partial charge on any atom is 0.0786 e. The number of rotatable bonds is 24. The normalized spacial score (nSPS) is 10.6. The van der Waals surface area contributed by atoms with E-state index in [0.717, 1.165) is 0 Å². The van der Waals surface area contributed by atoms with E-state index >= 15 is 0 Å². The topological polar surface area (TPSA) is 44.6 Å². The van der Waals surface area contributed by atoms with Crippen molar-refractivity contribution in [1.82, 2.24) is 0 Å². The molecule has 0 saturated carbocycles. The predicted molar refractivity (Wildman–Crippen MR) is 191 cm³/mol. The second-order valence-electron chi connectivity index (χ2n) is 11.5. The summed E-state index contributed by atoms with van der Waals surface area (Å²) < 4.78 is 2.84. The Hall–Kier alpha value is -0.480. The fraction of sp³-hybridized carbons (Fsp3) is 0.941. The third kappa shape index (κ3) is 32.0. The first-order chi connectivity index (χ1) is 19.3. The van der Waals surface area contributed by atoms with Gasteiger partial charge < -0.3 is 19.8 Å². The minimum atomic E-state index is 1.33. The van der Waals surface area contributed by atoms with Crippen LogP contribution in [0.2, 0.25) is 0 Å². The first-order valence-corrected chi connectivity index (χ1v) is 17.9. The van der Waals surface area contributed by atoms with Crippen LogP contribution in [0.3, 0.4) is 0 Å². The van der Waals surface area contributed by atoms with E-state index in [-0.39, 0.29) is 0 Å². The summed E-state index contributed by atoms with van der Waals surface area (Å²) in [7, 11) is 0. The molecule has 40 heavy (non-hydrogen) atoms. The molecule has 0 aromatic heterocycles. The van der Waals surface area contributed by atoms with Crippen LogP contribution in [-0.4, -0.2) is 71.6 Å². The third-order valence-electron chi connectivity index (χ3n) is 7.89. The van der Waals surface area contributed by atoms with Gasteiger partial charge in [-0.25, -0.2) is 0 Å². The van der Waals surface area contributed by atoms with Gasteiger partial charge in [0.1, 0.15) is 0 Å². The van der Waals surface area contributed by atoms with Gasteiger partial charge in [-0.2, -0.15) is 10.3 Å². The Kier molecular flexibility index (Phi) is 44.8. The Morgan fingerprint density at radius 2 is 0.450 bits per heavy atom. The molecule has 0 aliphatic heterocycles. The molecule has 6 heteroatoms. The standard InChI is InChI=1S/2C16H36N.2CNS/c2*1-5-9-13-17(14-10-6-2,15-11-7-3)16-12-8-4;2*2-1-3/h2*5-16H2,1-4H3;;/q2*+1;2*-1. The Morgan fingerprint density at radius 3 is 0.525 bits per heavy atom. The molecule has 240 valence electrons. The Bertz CT molecular complexity index is 419. The summed E-state index contributed by atoms with van der Waals surface area (Å²) in [6.45, 7) is 30.0. The smallest absolute Gasteiger partial charge is 0.0786 e. The average molecular weight is 601 g/mol. The Balaban J connectivity index is -0.000000270. The van der Waals surface area contributed by atoms with Gasteiger partial charge in [-0.3, -0.25) is 0 Å². The van der Waals surface area contributed by atoms with Crippen molar-refractivity contribution < 1.29 is 8.97 Å². The van der Waals surface area contributed by atoms with E-state index in [9.17, 15) is 0 Å². The molecule has 0 aromatic carbocycles. The molecule has 4 nitrogen and oxygen atoms in total. The molecule has 0 rings (SSSR count). The van der Waals surface area contributed by atoms with E-state index in [1.807, 2.05) is 0 Å². The van der Waals surface area contributed by atoms with Crippen molar-refractivity contribution in [2.24, 2.45) is 0 Å². The molecule has 0 aliphatic rings. The lowest BCUT2D eigenvalue weighted by molar-refractivity contribution is -0.929. The van der Waals surface area contributed by atoms with Crippen LogP contribution in [0.25, 0.3) is 10.8 Å². The van der Waals surface area contributed by atoms with Crippen LogP contribution in [0.15, 0.2) is 0 Å². The van der Waals surface area contributed by atoms with Crippen molar-refractivity contribution in [2.45, 2.75) is 158 Å². The van der Waals surface area contributed by atoms with Gasteiger partial charge in [0, 0.05) is 0 Å². The van der Waals surface area contributed by atoms with Gasteiger partial charge in [0.15, 0.2) is 0 Å². The van der Waals surface area contributed by atoms with Gasteiger partial charge in [-0.1, -0.05) is 131 Å². The van der Waals surface area contributed by atoms with Gasteiger partial charge in [0.25, 0.3) is 0 Å². The predicted octanol–water partition coefficient (Wildman–Crippen LogP) is 11.3. The largest absolute Gasteiger partial charge is 0.753 e. The van der Waals surface area contributed by atoms with Gasteiger partial charge in [-0.15, -0.1) is 0 Å². The summed E-state index contributed by atoms with van der Waals surface area (Å²) in [6, 6.07) is 0. The fourth-order valence-electron chi connectivity index (χ4n) is 5.29. The molecule has 0 atom stereocenters. The van der Waals surface area contributed by atoms with Crippen molar-refractivity contribution in [1.29, 1.82) is 0 Å². The van der Waals surface area contributed by atoms with E-state index in [0.29, 0.717) is 0 Å². The molecule has 0 N–H and O–H groups in total. The van der Waals surface area contributed by atoms with Gasteiger partial charge in [0.2, 0.25) is 0 Å². The van der Waals surface area contributed by atoms with E-state index < -0.39 is 0 Å². The lowest BCUT2D eigenvalue weighted by atomic mass is 10.1. The number of thiocarbonyl (C=S) groups is 2. The molecule has 0 aromatic rings. The number of nitrogens with zero attached hydrogens (tertiary/aromatic N) is 4. The summed E-state index contributed by atoms with van der Waals surface area (Å²) in [5.74, 6) is 0. The number of hydrogen-bond donors (Lipinski definition) is 0. The molecule has 0 unspecified atom stereocenters. The summed E-state index contributed by atoms with van der Waals surface area (Å²) >= 11 is 7.40. The zero-order valence-electron chi connectivity index (χ0n) is 28.6. The maximum atomic E-state index is 7.13. The summed E-state index contributed by atoms with van der Waals surface area (Å²) in [5.41, 5.74) is 0. The number of quaternary nitrogens is 2. The van der Waals surface area contributed by atoms with E-state index in [4.69, 9.17) is 10.8 Å². The minimum absolute atomic E-state index is 1.33. The van der Waals surface area contributed by atoms with Crippen molar-refractivity contribution in [3.05, 3.63) is 10.8 Å². The first-order valence-electron chi connectivity index (χ1n) is 17.0. The SMILES string of the molecule is CCCC[N+](CCCC)(CCCC)CCCC.CCCC[N+](CCCC)(CCCC)CCCC.[N-]=C=S.[N-]=C=S. The zero-order valence-corrected chi connectivity index (χ0v) is 30.2. The molecule has 0 amide bonds. The molecule has 0 fully saturated rings. The quantitative estimate of drug-likeness (QED) is 0.0628. The molecule has 0 aliphatic carbocycles. The van der Waals surface area contributed by atoms with Crippen LogP contribution in [-0.2, 0) is 0 Å². The number of unbranched alkanes of at least 4 members (excludes halogenated alkanes) is 8. The monoisotopic (exact) mass is 601 g/mol. The van der Waals surface area contributed by atoms with Crippen LogP contribution < -0.4 is 0 Å². The third-order valence-corrected chi connectivity index (χ3v) is 7.89. The first kappa shape index (κ1) is 46.5. The molecule has 0 heterocycles. The molecule has 0 spiro atoms. The molecular weight excluding hydrogens is 529 g/mol. The Labute approximate surface area is 264 Å². The van der Waals surface area contributed by atoms with E-state index in [1.165, 1.54) is 174 Å². The number of isothiocyanates is 2. The van der Waals surface area contributed by atoms with E-state index in [1.54, 1.807) is 0 Å². The van der Waals surface area contributed by atoms with Crippen LogP contribution in [0.1, 0.15) is 158 Å². The Morgan fingerprint density at radius 1 is 0.350 bits per heavy atom. The lowest BCUT2D eigenvalue weighted by Crippen LogP contribution is -2.50. The molecular formula is C34H72N4S2. The second-order valence-corrected chi connectivity index (χ2v) is 11.8. The van der Waals surface area contributed by atoms with Crippen LogP contribution >= 0.6 is 24.4 Å². The molecule has 0 saturated heterocycles. The second kappa shape index (κ2) is 38.5. The van der Waals surface area contributed by atoms with Crippen molar-refractivity contribution in [2.75, 3.05) is 52.4 Å². The maximum absolute atomic E-state index is 7.13. The van der Waals surface area contributed by atoms with Crippen LogP contribution in [0, 0.1) is 0 Å². The summed E-state index contributed by atoms with van der Waals surface area (Å²) in [4.78, 5) is 0. The van der Waals surface area contributed by atoms with Crippen molar-refractivity contribution in [3.8, 4) is 0 Å². The van der Waals surface area contributed by atoms with Gasteiger partial charge in [0.05, 0.1) is 52.4 Å². The highest BCUT2D eigenvalue weighted by Gasteiger charge is 2.25. The molecule has 0 radical (unpaired) electrons. The van der Waals surface area contributed by atoms with Gasteiger partial charge in [-0.05, 0) is 51.4 Å². The number of hydrogen-bond acceptors (Lipinski definition) is 2. The zero-order chi connectivity index (χ0) is 31.4. The highest BCUT2D eigenvalue weighted by Crippen LogP contribution is 2.17. The van der Waals surface area contributed by atoms with Crippen molar-refractivity contribution >= 4 is 34.8 Å². The summed E-state index contributed by atoms with van der Waals surface area (Å²) in [5, 5.41) is 16.9. The van der Waals surface area contributed by atoms with Crippen LogP contribution in [0.5, 0.6) is 0 Å². The van der Waals surface area contributed by atoms with E-state index in [2.05, 4.69) is 79.8 Å². The lowest BCUT2D eigenvalue weighted by Gasteiger charge is -2.39. The average Bonchev–Trinajstić information content (AvgIpc) is 2.97.